The molecule has 1 aliphatic rings. The zero-order chi connectivity index (χ0) is 35.8. The molecule has 0 bridgehead atoms. The Morgan fingerprint density at radius 2 is 1.83 bits per heavy atom. The number of hydrogen-bond acceptors (Lipinski definition) is 10. The summed E-state index contributed by atoms with van der Waals surface area (Å²) < 4.78 is 66.6. The van der Waals surface area contributed by atoms with E-state index in [1.807, 2.05) is 0 Å². The number of aromatic nitrogens is 2. The van der Waals surface area contributed by atoms with Gasteiger partial charge in [-0.15, -0.1) is 10.2 Å². The summed E-state index contributed by atoms with van der Waals surface area (Å²) in [4.78, 5) is 26.3. The molecule has 0 radical (unpaired) electrons. The van der Waals surface area contributed by atoms with E-state index in [1.54, 1.807) is 45.0 Å². The van der Waals surface area contributed by atoms with Gasteiger partial charge in [-0.1, -0.05) is 35.0 Å². The summed E-state index contributed by atoms with van der Waals surface area (Å²) >= 11 is 0. The fraction of sp³-hybridized carbons (Fsp3) is 0.424. The summed E-state index contributed by atoms with van der Waals surface area (Å²) in [5.41, 5.74) is 4.17. The Bertz CT molecular complexity index is 1890. The summed E-state index contributed by atoms with van der Waals surface area (Å²) in [6.07, 6.45) is 1.04. The van der Waals surface area contributed by atoms with Gasteiger partial charge in [-0.25, -0.2) is 22.0 Å². The lowest BCUT2D eigenvalue weighted by molar-refractivity contribution is -0.117. The Morgan fingerprint density at radius 1 is 1.19 bits per heavy atom. The number of amides is 1. The number of oxime groups is 1. The van der Waals surface area contributed by atoms with E-state index in [4.69, 9.17) is 20.1 Å². The fourth-order valence-corrected chi connectivity index (χ4v) is 5.54. The molecule has 1 aliphatic carbocycles. The van der Waals surface area contributed by atoms with E-state index in [0.29, 0.717) is 16.7 Å². The number of nitrogens with zero attached hydrogens (tertiary/aromatic N) is 3. The number of hydrogen-bond donors (Lipinski definition) is 3. The first-order chi connectivity index (χ1) is 22.1. The molecular formula is C33H39F2N5O7S. The van der Waals surface area contributed by atoms with E-state index >= 15 is 8.78 Å². The Labute approximate surface area is 277 Å². The molecule has 258 valence electrons. The largest absolute Gasteiger partial charge is 0.444 e. The minimum absolute atomic E-state index is 0.0230. The number of rotatable bonds is 7. The highest BCUT2D eigenvalue weighted by atomic mass is 32.2. The van der Waals surface area contributed by atoms with Crippen molar-refractivity contribution in [1.82, 2.24) is 15.5 Å². The normalized spacial score (nSPS) is 19.4. The quantitative estimate of drug-likeness (QED) is 0.132. The maximum absolute atomic E-state index is 16.7. The van der Waals surface area contributed by atoms with Gasteiger partial charge in [0.15, 0.2) is 21.5 Å². The monoisotopic (exact) mass is 687 g/mol. The van der Waals surface area contributed by atoms with Gasteiger partial charge in [-0.3, -0.25) is 4.79 Å². The standard InChI is InChI=1S/C33H39F2N5O7S/c1-31(2,3)47-30(42)37-25-17-33(6,35)23-16-24(34)22(28-38-39-29(46-28)32(4,5)48(7,44)45)15-21(23)13-19(14-26(25)41)12-18-8-10-20(11-9-18)27(36)40-43/h8-11,14-16,25,43H,12-13,17H2,1-7H3,(H2,36,40)(H,37,42). The van der Waals surface area contributed by atoms with Gasteiger partial charge in [0.1, 0.15) is 21.8 Å². The number of sulfone groups is 1. The number of nitrogens with one attached hydrogen (secondary N) is 1. The third-order valence-corrected chi connectivity index (χ3v) is 10.1. The average molecular weight is 688 g/mol. The maximum atomic E-state index is 16.7. The molecule has 0 saturated heterocycles. The number of fused-ring (bicyclic) bond motifs is 1. The van der Waals surface area contributed by atoms with E-state index < -0.39 is 56.0 Å². The molecule has 4 N–H and O–H groups in total. The third kappa shape index (κ3) is 8.06. The Kier molecular flexibility index (Phi) is 9.87. The molecule has 1 heterocycles. The van der Waals surface area contributed by atoms with Crippen molar-refractivity contribution in [1.29, 1.82) is 0 Å². The van der Waals surface area contributed by atoms with Gasteiger partial charge in [0.2, 0.25) is 5.89 Å². The molecule has 2 aromatic carbocycles. The van der Waals surface area contributed by atoms with Crippen molar-refractivity contribution >= 4 is 27.5 Å². The molecule has 0 aliphatic heterocycles. The highest BCUT2D eigenvalue weighted by Gasteiger charge is 2.40. The first kappa shape index (κ1) is 36.2. The summed E-state index contributed by atoms with van der Waals surface area (Å²) in [7, 11) is -3.70. The molecule has 3 aromatic rings. The van der Waals surface area contributed by atoms with Crippen LogP contribution in [0, 0.1) is 5.82 Å². The maximum Gasteiger partial charge on any atom is 0.408 e. The van der Waals surface area contributed by atoms with Crippen molar-refractivity contribution in [3.8, 4) is 11.5 Å². The molecule has 0 fully saturated rings. The second-order valence-electron chi connectivity index (χ2n) is 13.5. The zero-order valence-corrected chi connectivity index (χ0v) is 28.5. The number of ether oxygens (including phenoxy) is 1. The fourth-order valence-electron chi connectivity index (χ4n) is 5.14. The smallest absolute Gasteiger partial charge is 0.408 e. The van der Waals surface area contributed by atoms with Crippen LogP contribution in [0.1, 0.15) is 76.1 Å². The van der Waals surface area contributed by atoms with Crippen LogP contribution in [0.4, 0.5) is 13.6 Å². The topological polar surface area (TPSA) is 187 Å². The number of nitrogens with two attached hydrogens (primary N) is 1. The van der Waals surface area contributed by atoms with Crippen LogP contribution in [-0.2, 0) is 42.6 Å². The van der Waals surface area contributed by atoms with Gasteiger partial charge in [0, 0.05) is 18.2 Å². The van der Waals surface area contributed by atoms with Gasteiger partial charge in [0.25, 0.3) is 5.89 Å². The molecule has 4 rings (SSSR count). The second kappa shape index (κ2) is 13.1. The summed E-state index contributed by atoms with van der Waals surface area (Å²) in [6, 6.07) is 7.63. The number of carbonyl (C=O) groups is 2. The molecular weight excluding hydrogens is 648 g/mol. The number of amidine groups is 1. The van der Waals surface area contributed by atoms with E-state index in [-0.39, 0.29) is 41.6 Å². The second-order valence-corrected chi connectivity index (χ2v) is 16.1. The van der Waals surface area contributed by atoms with Gasteiger partial charge >= 0.3 is 6.09 Å². The first-order valence-electron chi connectivity index (χ1n) is 15.0. The molecule has 15 heteroatoms. The number of alkyl halides is 1. The summed E-state index contributed by atoms with van der Waals surface area (Å²) in [5.74, 6) is -2.17. The average Bonchev–Trinajstić information content (AvgIpc) is 3.47. The molecule has 1 aromatic heterocycles. The number of allylic oxidation sites excluding steroid dienone is 1. The van der Waals surface area contributed by atoms with Crippen LogP contribution in [0.25, 0.3) is 11.5 Å². The van der Waals surface area contributed by atoms with Crippen LogP contribution in [0.3, 0.4) is 0 Å². The van der Waals surface area contributed by atoms with E-state index in [1.165, 1.54) is 32.9 Å². The zero-order valence-electron chi connectivity index (χ0n) is 27.7. The van der Waals surface area contributed by atoms with Crippen molar-refractivity contribution in [3.05, 3.63) is 82.0 Å². The molecule has 48 heavy (non-hydrogen) atoms. The van der Waals surface area contributed by atoms with E-state index in [9.17, 15) is 18.0 Å². The predicted octanol–water partition coefficient (Wildman–Crippen LogP) is 5.01. The lowest BCUT2D eigenvalue weighted by atomic mass is 9.85. The van der Waals surface area contributed by atoms with Gasteiger partial charge in [0.05, 0.1) is 11.6 Å². The van der Waals surface area contributed by atoms with E-state index in [0.717, 1.165) is 17.9 Å². The van der Waals surface area contributed by atoms with Crippen molar-refractivity contribution in [3.63, 3.8) is 0 Å². The van der Waals surface area contributed by atoms with Gasteiger partial charge in [-0.2, -0.15) is 0 Å². The number of halogens is 2. The lowest BCUT2D eigenvalue weighted by Gasteiger charge is -2.28. The minimum Gasteiger partial charge on any atom is -0.444 e. The predicted molar refractivity (Wildman–Crippen MR) is 173 cm³/mol. The number of benzene rings is 2. The molecule has 2 unspecified atom stereocenters. The van der Waals surface area contributed by atoms with Crippen molar-refractivity contribution in [2.45, 2.75) is 82.9 Å². The van der Waals surface area contributed by atoms with Crippen molar-refractivity contribution in [2.75, 3.05) is 6.26 Å². The van der Waals surface area contributed by atoms with Gasteiger partial charge in [-0.05, 0) is 89.3 Å². The van der Waals surface area contributed by atoms with E-state index in [2.05, 4.69) is 20.7 Å². The van der Waals surface area contributed by atoms with Crippen LogP contribution in [0.5, 0.6) is 0 Å². The Balaban J connectivity index is 1.83. The van der Waals surface area contributed by atoms with Gasteiger partial charge < -0.3 is 25.4 Å². The Morgan fingerprint density at radius 3 is 2.42 bits per heavy atom. The van der Waals surface area contributed by atoms with Crippen LogP contribution in [0.2, 0.25) is 0 Å². The van der Waals surface area contributed by atoms with Crippen molar-refractivity contribution in [2.24, 2.45) is 10.9 Å². The number of ketones is 1. The van der Waals surface area contributed by atoms with Crippen LogP contribution >= 0.6 is 0 Å². The Hall–Kier alpha value is -4.66. The van der Waals surface area contributed by atoms with Crippen LogP contribution in [0.15, 0.2) is 57.6 Å². The van der Waals surface area contributed by atoms with Crippen LogP contribution < -0.4 is 11.1 Å². The molecule has 0 saturated carbocycles. The lowest BCUT2D eigenvalue weighted by Crippen LogP contribution is -2.45. The first-order valence-corrected chi connectivity index (χ1v) is 16.9. The number of carbonyl (C=O) groups excluding carboxylic acids is 2. The third-order valence-electron chi connectivity index (χ3n) is 8.03. The number of alkyl carbamates (subject to hydrolysis) is 1. The highest BCUT2D eigenvalue weighted by molar-refractivity contribution is 7.91. The SMILES string of the molecule is CC(C)(C)OC(=O)NC1CC(C)(F)c2cc(F)c(-c3nnc(C(C)(C)S(C)(=O)=O)o3)cc2CC(Cc2ccc(/C(N)=N/O)cc2)=CC1=O. The molecule has 2 atom stereocenters. The highest BCUT2D eigenvalue weighted by Crippen LogP contribution is 2.40. The molecule has 1 amide bonds. The minimum atomic E-state index is -3.70. The van der Waals surface area contributed by atoms with Crippen LogP contribution in [-0.4, -0.2) is 59.4 Å². The van der Waals surface area contributed by atoms with Crippen molar-refractivity contribution < 1.29 is 41.1 Å². The summed E-state index contributed by atoms with van der Waals surface area (Å²) in [5, 5.41) is 22.2. The molecule has 12 nitrogen and oxygen atoms in total. The summed E-state index contributed by atoms with van der Waals surface area (Å²) in [6.45, 7) is 8.88. The molecule has 0 spiro atoms.